The third kappa shape index (κ3) is 42.1. The molecule has 3 atom stereocenters. The molecule has 6 nitrogen and oxygen atoms in total. The molecule has 3 N–H and O–H groups in total. The van der Waals surface area contributed by atoms with Gasteiger partial charge in [-0.1, -0.05) is 204 Å². The molecule has 342 valence electrons. The van der Waals surface area contributed by atoms with E-state index in [1.165, 1.54) is 109 Å². The number of esters is 1. The summed E-state index contributed by atoms with van der Waals surface area (Å²) in [7, 11) is 0. The van der Waals surface area contributed by atoms with Crippen molar-refractivity contribution in [3.8, 4) is 0 Å². The molecule has 0 aliphatic rings. The molecule has 0 radical (unpaired) electrons. The van der Waals surface area contributed by atoms with E-state index in [4.69, 9.17) is 4.74 Å². The zero-order valence-corrected chi connectivity index (χ0v) is 38.9. The Labute approximate surface area is 365 Å². The second kappa shape index (κ2) is 46.6. The molecule has 0 aromatic heterocycles. The summed E-state index contributed by atoms with van der Waals surface area (Å²) in [5, 5.41) is 23.7. The number of hydrogen-bond donors (Lipinski definition) is 3. The Kier molecular flexibility index (Phi) is 44.7. The summed E-state index contributed by atoms with van der Waals surface area (Å²) in [5.41, 5.74) is 0. The van der Waals surface area contributed by atoms with Crippen molar-refractivity contribution in [2.24, 2.45) is 0 Å². The number of unbranched alkanes of at least 4 members (excludes halogenated alkanes) is 22. The summed E-state index contributed by atoms with van der Waals surface area (Å²) >= 11 is 0. The van der Waals surface area contributed by atoms with E-state index in [1.54, 1.807) is 0 Å². The number of aliphatic hydroxyl groups is 2. The van der Waals surface area contributed by atoms with Gasteiger partial charge >= 0.3 is 5.97 Å². The van der Waals surface area contributed by atoms with Crippen LogP contribution in [0.5, 0.6) is 0 Å². The van der Waals surface area contributed by atoms with Crippen LogP contribution in [0.25, 0.3) is 0 Å². The van der Waals surface area contributed by atoms with Crippen LogP contribution in [-0.4, -0.2) is 46.9 Å². The first kappa shape index (κ1) is 56.6. The molecule has 3 unspecified atom stereocenters. The highest BCUT2D eigenvalue weighted by atomic mass is 16.5. The monoisotopic (exact) mass is 826 g/mol. The Bertz CT molecular complexity index is 1060. The van der Waals surface area contributed by atoms with Crippen molar-refractivity contribution in [3.63, 3.8) is 0 Å². The van der Waals surface area contributed by atoms with E-state index in [-0.39, 0.29) is 31.3 Å². The maximum Gasteiger partial charge on any atom is 0.306 e. The number of ether oxygens (including phenoxy) is 1. The number of carbonyl (C=O) groups is 2. The summed E-state index contributed by atoms with van der Waals surface area (Å²) in [6.07, 6.45) is 57.1. The lowest BCUT2D eigenvalue weighted by atomic mass is 10.0. The van der Waals surface area contributed by atoms with Crippen molar-refractivity contribution >= 4 is 11.9 Å². The van der Waals surface area contributed by atoms with Crippen molar-refractivity contribution < 1.29 is 24.5 Å². The second-order valence-corrected chi connectivity index (χ2v) is 16.9. The number of rotatable bonds is 44. The van der Waals surface area contributed by atoms with Crippen LogP contribution in [0.3, 0.4) is 0 Å². The largest absolute Gasteiger partial charge is 0.462 e. The number of carbonyl (C=O) groups excluding carboxylic acids is 2. The average molecular weight is 826 g/mol. The van der Waals surface area contributed by atoms with E-state index in [0.717, 1.165) is 77.0 Å². The van der Waals surface area contributed by atoms with Gasteiger partial charge in [-0.3, -0.25) is 9.59 Å². The molecule has 0 aliphatic heterocycles. The summed E-state index contributed by atoms with van der Waals surface area (Å²) in [6.45, 7) is 6.41. The maximum atomic E-state index is 13.2. The summed E-state index contributed by atoms with van der Waals surface area (Å²) < 4.78 is 5.88. The molecule has 0 rings (SSSR count). The normalized spacial score (nSPS) is 13.8. The molecule has 0 heterocycles. The van der Waals surface area contributed by atoms with E-state index in [0.29, 0.717) is 19.3 Å². The van der Waals surface area contributed by atoms with Gasteiger partial charge in [0.25, 0.3) is 0 Å². The van der Waals surface area contributed by atoms with E-state index in [2.05, 4.69) is 80.8 Å². The highest BCUT2D eigenvalue weighted by Gasteiger charge is 2.24. The van der Waals surface area contributed by atoms with Crippen LogP contribution < -0.4 is 5.32 Å². The van der Waals surface area contributed by atoms with Crippen molar-refractivity contribution in [2.75, 3.05) is 6.61 Å². The lowest BCUT2D eigenvalue weighted by molar-refractivity contribution is -0.150. The third-order valence-electron chi connectivity index (χ3n) is 11.1. The van der Waals surface area contributed by atoms with Gasteiger partial charge in [-0.25, -0.2) is 0 Å². The molecular weight excluding hydrogens is 731 g/mol. The molecule has 59 heavy (non-hydrogen) atoms. The summed E-state index contributed by atoms with van der Waals surface area (Å²) in [6, 6.07) is -0.719. The number of aliphatic hydroxyl groups excluding tert-OH is 2. The molecule has 0 aliphatic carbocycles. The van der Waals surface area contributed by atoms with Crippen LogP contribution in [0.15, 0.2) is 60.8 Å². The Morgan fingerprint density at radius 1 is 0.492 bits per heavy atom. The first-order valence-electron chi connectivity index (χ1n) is 25.0. The summed E-state index contributed by atoms with van der Waals surface area (Å²) in [4.78, 5) is 26.0. The molecule has 0 bridgehead atoms. The first-order chi connectivity index (χ1) is 29.0. The minimum atomic E-state index is -0.802. The SMILES string of the molecule is CCCCC/C=C\C/C=C\C/C=C\CCCCCCC(CC(=O)NC(CO)C(O)CCCCCCCCCCCC)OC(=O)CC/C=C/C/C=C\CCCCCCCC. The van der Waals surface area contributed by atoms with E-state index >= 15 is 0 Å². The highest BCUT2D eigenvalue weighted by molar-refractivity contribution is 5.77. The minimum Gasteiger partial charge on any atom is -0.462 e. The van der Waals surface area contributed by atoms with Gasteiger partial charge in [0, 0.05) is 6.42 Å². The molecule has 0 saturated heterocycles. The van der Waals surface area contributed by atoms with Gasteiger partial charge < -0.3 is 20.3 Å². The number of allylic oxidation sites excluding steroid dienone is 10. The number of nitrogens with one attached hydrogen (secondary N) is 1. The number of amides is 1. The first-order valence-corrected chi connectivity index (χ1v) is 25.0. The molecule has 0 aromatic carbocycles. The van der Waals surface area contributed by atoms with Gasteiger partial charge in [-0.2, -0.15) is 0 Å². The van der Waals surface area contributed by atoms with Gasteiger partial charge in [-0.15, -0.1) is 0 Å². The topological polar surface area (TPSA) is 95.9 Å². The quantitative estimate of drug-likeness (QED) is 0.0323. The predicted molar refractivity (Wildman–Crippen MR) is 255 cm³/mol. The zero-order chi connectivity index (χ0) is 43.1. The Morgan fingerprint density at radius 2 is 0.864 bits per heavy atom. The smallest absolute Gasteiger partial charge is 0.306 e. The van der Waals surface area contributed by atoms with E-state index < -0.39 is 18.2 Å². The van der Waals surface area contributed by atoms with E-state index in [1.807, 2.05) is 6.08 Å². The Morgan fingerprint density at radius 3 is 1.34 bits per heavy atom. The molecule has 6 heteroatoms. The lowest BCUT2D eigenvalue weighted by Crippen LogP contribution is -2.46. The highest BCUT2D eigenvalue weighted by Crippen LogP contribution is 2.17. The Hall–Kier alpha value is -2.44. The van der Waals surface area contributed by atoms with Crippen molar-refractivity contribution in [1.82, 2.24) is 5.32 Å². The van der Waals surface area contributed by atoms with Crippen LogP contribution in [0.2, 0.25) is 0 Å². The van der Waals surface area contributed by atoms with Gasteiger partial charge in [0.05, 0.1) is 25.2 Å². The van der Waals surface area contributed by atoms with E-state index in [9.17, 15) is 19.8 Å². The van der Waals surface area contributed by atoms with Crippen LogP contribution in [0.1, 0.15) is 239 Å². The van der Waals surface area contributed by atoms with Crippen molar-refractivity contribution in [2.45, 2.75) is 257 Å². The van der Waals surface area contributed by atoms with Crippen molar-refractivity contribution in [1.29, 1.82) is 0 Å². The van der Waals surface area contributed by atoms with Gasteiger partial charge in [0.15, 0.2) is 0 Å². The van der Waals surface area contributed by atoms with Crippen LogP contribution in [0, 0.1) is 0 Å². The molecule has 0 fully saturated rings. The van der Waals surface area contributed by atoms with Crippen LogP contribution >= 0.6 is 0 Å². The second-order valence-electron chi connectivity index (χ2n) is 16.9. The fourth-order valence-corrected chi connectivity index (χ4v) is 7.25. The Balaban J connectivity index is 4.72. The fraction of sp³-hybridized carbons (Fsp3) is 0.774. The van der Waals surface area contributed by atoms with Gasteiger partial charge in [-0.05, 0) is 83.5 Å². The standard InChI is InChI=1S/C53H95NO5/c1-4-7-10-13-16-19-22-24-25-26-27-29-30-32-35-38-41-44-49(59-53(58)46-43-40-37-34-31-28-23-20-17-14-11-8-5-2)47-52(57)54-50(48-55)51(56)45-42-39-36-33-21-18-15-12-9-6-3/h16,19,24-25,27-29,31,37,40,49-51,55-56H,4-15,17-18,20-23,26,30,32-36,38-39,41-48H2,1-3H3,(H,54,57)/b19-16-,25-24-,29-27-,31-28-,40-37+. The molecule has 1 amide bonds. The average Bonchev–Trinajstić information content (AvgIpc) is 3.23. The maximum absolute atomic E-state index is 13.2. The molecule has 0 aromatic rings. The van der Waals surface area contributed by atoms with Crippen molar-refractivity contribution in [3.05, 3.63) is 60.8 Å². The fourth-order valence-electron chi connectivity index (χ4n) is 7.25. The van der Waals surface area contributed by atoms with Crippen LogP contribution in [-0.2, 0) is 14.3 Å². The summed E-state index contributed by atoms with van der Waals surface area (Å²) in [5.74, 6) is -0.577. The van der Waals surface area contributed by atoms with Crippen LogP contribution in [0.4, 0.5) is 0 Å². The molecule has 0 spiro atoms. The van der Waals surface area contributed by atoms with Gasteiger partial charge in [0.1, 0.15) is 6.10 Å². The third-order valence-corrected chi connectivity index (χ3v) is 11.1. The predicted octanol–water partition coefficient (Wildman–Crippen LogP) is 14.8. The molecule has 0 saturated carbocycles. The lowest BCUT2D eigenvalue weighted by Gasteiger charge is -2.24. The minimum absolute atomic E-state index is 0.0390. The number of hydrogen-bond acceptors (Lipinski definition) is 5. The van der Waals surface area contributed by atoms with Gasteiger partial charge in [0.2, 0.25) is 5.91 Å². The molecular formula is C53H95NO5. The zero-order valence-electron chi connectivity index (χ0n) is 38.9.